The van der Waals surface area contributed by atoms with E-state index >= 15 is 0 Å². The van der Waals surface area contributed by atoms with Gasteiger partial charge in [0.25, 0.3) is 0 Å². The van der Waals surface area contributed by atoms with Crippen molar-refractivity contribution in [1.29, 1.82) is 0 Å². The number of amides is 4. The zero-order valence-electron chi connectivity index (χ0n) is 27.8. The van der Waals surface area contributed by atoms with Crippen molar-refractivity contribution >= 4 is 46.1 Å². The minimum Gasteiger partial charge on any atom is -0.444 e. The number of fused-ring (bicyclic) bond motifs is 2. The van der Waals surface area contributed by atoms with Crippen LogP contribution in [-0.4, -0.2) is 62.4 Å². The number of carbonyl (C=O) groups is 3. The minimum absolute atomic E-state index is 0.0497. The number of piperidine rings is 1. The Hall–Kier alpha value is -4.44. The summed E-state index contributed by atoms with van der Waals surface area (Å²) in [6.45, 7) is 8.88. The summed E-state index contributed by atoms with van der Waals surface area (Å²) in [7, 11) is 0. The van der Waals surface area contributed by atoms with Crippen molar-refractivity contribution in [1.82, 2.24) is 25.0 Å². The molecular weight excluding hydrogens is 628 g/mol. The smallest absolute Gasteiger partial charge is 0.410 e. The number of aryl methyl sites for hydroxylation is 1. The largest absolute Gasteiger partial charge is 0.444 e. The number of anilines is 1. The number of likely N-dealkylation sites (tertiary alicyclic amines) is 1. The SMILES string of the molecule is Cc1nn(C2CCN(C(=O)OC(C)(C)C)CC2)cc1-c1cccc(Cl)c1C1CCC2C(=O)N(c3cncc4ccccc34)C(=O)NC2C1. The molecular formula is C37H41ClN6O4. The van der Waals surface area contributed by atoms with Gasteiger partial charge in [0.15, 0.2) is 0 Å². The Morgan fingerprint density at radius 2 is 1.75 bits per heavy atom. The number of hydrogen-bond donors (Lipinski definition) is 1. The van der Waals surface area contributed by atoms with E-state index in [4.69, 9.17) is 21.4 Å². The van der Waals surface area contributed by atoms with E-state index in [1.54, 1.807) is 17.3 Å². The van der Waals surface area contributed by atoms with Crippen LogP contribution in [0.25, 0.3) is 21.9 Å². The van der Waals surface area contributed by atoms with Crippen LogP contribution in [0, 0.1) is 12.8 Å². The molecule has 2 aliphatic heterocycles. The van der Waals surface area contributed by atoms with Crippen LogP contribution in [0.5, 0.6) is 0 Å². The predicted octanol–water partition coefficient (Wildman–Crippen LogP) is 7.64. The molecule has 0 spiro atoms. The molecule has 3 aliphatic rings. The Kier molecular flexibility index (Phi) is 8.39. The molecule has 4 aromatic rings. The van der Waals surface area contributed by atoms with Gasteiger partial charge in [0.05, 0.1) is 29.5 Å². The van der Waals surface area contributed by atoms with Gasteiger partial charge in [-0.1, -0.05) is 48.0 Å². The first-order valence-electron chi connectivity index (χ1n) is 16.8. The molecule has 3 unspecified atom stereocenters. The molecule has 11 heteroatoms. The van der Waals surface area contributed by atoms with Crippen LogP contribution in [0.15, 0.2) is 61.1 Å². The maximum Gasteiger partial charge on any atom is 0.410 e. The summed E-state index contributed by atoms with van der Waals surface area (Å²) in [5.41, 5.74) is 3.96. The highest BCUT2D eigenvalue weighted by Gasteiger charge is 2.46. The summed E-state index contributed by atoms with van der Waals surface area (Å²) in [5.74, 6) is -0.469. The molecule has 250 valence electrons. The van der Waals surface area contributed by atoms with E-state index in [-0.39, 0.29) is 35.9 Å². The van der Waals surface area contributed by atoms with Gasteiger partial charge in [-0.05, 0) is 82.9 Å². The zero-order valence-corrected chi connectivity index (χ0v) is 28.5. The van der Waals surface area contributed by atoms with Gasteiger partial charge in [-0.3, -0.25) is 14.5 Å². The van der Waals surface area contributed by atoms with E-state index in [1.807, 2.05) is 68.8 Å². The molecule has 7 rings (SSSR count). The molecule has 1 N–H and O–H groups in total. The molecule has 0 radical (unpaired) electrons. The number of ether oxygens (including phenoxy) is 1. The lowest BCUT2D eigenvalue weighted by Gasteiger charge is -2.43. The molecule has 3 atom stereocenters. The Morgan fingerprint density at radius 1 is 0.979 bits per heavy atom. The van der Waals surface area contributed by atoms with Crippen LogP contribution < -0.4 is 10.2 Å². The lowest BCUT2D eigenvalue weighted by Crippen LogP contribution is -2.61. The molecule has 4 heterocycles. The molecule has 0 bridgehead atoms. The number of urea groups is 1. The minimum atomic E-state index is -0.524. The van der Waals surface area contributed by atoms with Gasteiger partial charge in [-0.25, -0.2) is 14.5 Å². The monoisotopic (exact) mass is 668 g/mol. The summed E-state index contributed by atoms with van der Waals surface area (Å²) in [4.78, 5) is 47.4. The van der Waals surface area contributed by atoms with Crippen molar-refractivity contribution in [3.8, 4) is 11.1 Å². The highest BCUT2D eigenvalue weighted by atomic mass is 35.5. The van der Waals surface area contributed by atoms with Crippen molar-refractivity contribution < 1.29 is 19.1 Å². The van der Waals surface area contributed by atoms with Gasteiger partial charge in [0.1, 0.15) is 5.60 Å². The number of nitrogens with zero attached hydrogens (tertiary/aromatic N) is 5. The van der Waals surface area contributed by atoms with E-state index in [1.165, 1.54) is 4.90 Å². The fraction of sp³-hybridized carbons (Fsp3) is 0.432. The first-order valence-corrected chi connectivity index (χ1v) is 17.2. The number of aromatic nitrogens is 3. The molecule has 4 amide bonds. The summed E-state index contributed by atoms with van der Waals surface area (Å²) >= 11 is 6.96. The van der Waals surface area contributed by atoms with E-state index in [2.05, 4.69) is 22.6 Å². The first kappa shape index (κ1) is 32.1. The second kappa shape index (κ2) is 12.5. The fourth-order valence-electron chi connectivity index (χ4n) is 7.64. The Labute approximate surface area is 285 Å². The van der Waals surface area contributed by atoms with Gasteiger partial charge < -0.3 is 15.0 Å². The maximum atomic E-state index is 13.9. The highest BCUT2D eigenvalue weighted by molar-refractivity contribution is 6.32. The number of pyridine rings is 1. The number of benzene rings is 2. The maximum absolute atomic E-state index is 13.9. The summed E-state index contributed by atoms with van der Waals surface area (Å²) in [5, 5.41) is 10.4. The third kappa shape index (κ3) is 6.02. The zero-order chi connectivity index (χ0) is 33.7. The second-order valence-electron chi connectivity index (χ2n) is 14.2. The molecule has 10 nitrogen and oxygen atoms in total. The molecule has 2 aromatic carbocycles. The molecule has 3 fully saturated rings. The summed E-state index contributed by atoms with van der Waals surface area (Å²) in [6, 6.07) is 13.1. The number of rotatable bonds is 4. The van der Waals surface area contributed by atoms with Crippen LogP contribution in [0.4, 0.5) is 15.3 Å². The van der Waals surface area contributed by atoms with E-state index in [0.29, 0.717) is 36.6 Å². The third-order valence-corrected chi connectivity index (χ3v) is 10.3. The van der Waals surface area contributed by atoms with Gasteiger partial charge in [-0.15, -0.1) is 0 Å². The lowest BCUT2D eigenvalue weighted by atomic mass is 9.72. The van der Waals surface area contributed by atoms with Crippen LogP contribution in [0.1, 0.15) is 76.1 Å². The number of carbonyl (C=O) groups excluding carboxylic acids is 3. The van der Waals surface area contributed by atoms with Crippen LogP contribution in [-0.2, 0) is 9.53 Å². The van der Waals surface area contributed by atoms with Crippen molar-refractivity contribution in [3.05, 3.63) is 77.3 Å². The van der Waals surface area contributed by atoms with Gasteiger partial charge in [0, 0.05) is 52.9 Å². The van der Waals surface area contributed by atoms with Crippen LogP contribution in [0.3, 0.4) is 0 Å². The highest BCUT2D eigenvalue weighted by Crippen LogP contribution is 2.46. The second-order valence-corrected chi connectivity index (χ2v) is 14.6. The van der Waals surface area contributed by atoms with E-state index < -0.39 is 11.6 Å². The number of nitrogens with one attached hydrogen (secondary N) is 1. The van der Waals surface area contributed by atoms with E-state index in [9.17, 15) is 14.4 Å². The predicted molar refractivity (Wildman–Crippen MR) is 185 cm³/mol. The Bertz CT molecular complexity index is 1890. The third-order valence-electron chi connectivity index (χ3n) is 9.95. The van der Waals surface area contributed by atoms with Crippen molar-refractivity contribution in [2.24, 2.45) is 5.92 Å². The molecule has 1 saturated carbocycles. The van der Waals surface area contributed by atoms with E-state index in [0.717, 1.165) is 52.4 Å². The number of imide groups is 1. The molecule has 1 aliphatic carbocycles. The summed E-state index contributed by atoms with van der Waals surface area (Å²) in [6.07, 6.45) is 8.73. The molecule has 2 saturated heterocycles. The van der Waals surface area contributed by atoms with Crippen molar-refractivity contribution in [3.63, 3.8) is 0 Å². The molecule has 2 aromatic heterocycles. The quantitative estimate of drug-likeness (QED) is 0.239. The Balaban J connectivity index is 1.09. The topological polar surface area (TPSA) is 110 Å². The number of hydrogen-bond acceptors (Lipinski definition) is 6. The van der Waals surface area contributed by atoms with Gasteiger partial charge in [0.2, 0.25) is 5.91 Å². The lowest BCUT2D eigenvalue weighted by molar-refractivity contribution is -0.124. The van der Waals surface area contributed by atoms with Gasteiger partial charge >= 0.3 is 12.1 Å². The first-order chi connectivity index (χ1) is 23.0. The molecule has 48 heavy (non-hydrogen) atoms. The number of halogens is 1. The standard InChI is InChI=1S/C37H41ClN6O4/c1-22-29(21-43(41-22)25-14-16-42(17-15-25)36(47)48-37(2,3)4)27-10-7-11-30(38)33(27)23-12-13-28-31(18-23)40-35(46)44(34(28)45)32-20-39-19-24-8-5-6-9-26(24)32/h5-11,19-21,23,25,28,31H,12-18H2,1-4H3,(H,40,46). The van der Waals surface area contributed by atoms with Crippen molar-refractivity contribution in [2.75, 3.05) is 18.0 Å². The fourth-order valence-corrected chi connectivity index (χ4v) is 7.97. The Morgan fingerprint density at radius 3 is 2.52 bits per heavy atom. The van der Waals surface area contributed by atoms with Gasteiger partial charge in [-0.2, -0.15) is 5.10 Å². The van der Waals surface area contributed by atoms with Crippen LogP contribution >= 0.6 is 11.6 Å². The van der Waals surface area contributed by atoms with Crippen molar-refractivity contribution in [2.45, 2.75) is 83.4 Å². The normalized spacial score (nSPS) is 22.1. The average Bonchev–Trinajstić information content (AvgIpc) is 3.45. The van der Waals surface area contributed by atoms with Crippen LogP contribution in [0.2, 0.25) is 5.02 Å². The summed E-state index contributed by atoms with van der Waals surface area (Å²) < 4.78 is 7.61. The average molecular weight is 669 g/mol.